The monoisotopic (exact) mass is 506 g/mol. The van der Waals surface area contributed by atoms with Gasteiger partial charge in [0, 0.05) is 17.0 Å². The molecule has 7 heteroatoms. The SMILES string of the molecule is CCOC(=O)/C=C/c1ccc(Oc2c(-c3ccccc3)c(C)cc3cc(OC)ccc23)c(C(F)(F)F)c1. The quantitative estimate of drug-likeness (QED) is 0.187. The highest BCUT2D eigenvalue weighted by molar-refractivity contribution is 5.97. The van der Waals surface area contributed by atoms with Gasteiger partial charge in [-0.15, -0.1) is 0 Å². The summed E-state index contributed by atoms with van der Waals surface area (Å²) in [5.41, 5.74) is 1.58. The van der Waals surface area contributed by atoms with Crippen LogP contribution in [0.3, 0.4) is 0 Å². The van der Waals surface area contributed by atoms with Gasteiger partial charge in [0.05, 0.1) is 19.3 Å². The molecule has 37 heavy (non-hydrogen) atoms. The summed E-state index contributed by atoms with van der Waals surface area (Å²) in [6.45, 7) is 3.71. The Morgan fingerprint density at radius 3 is 2.41 bits per heavy atom. The van der Waals surface area contributed by atoms with Crippen molar-refractivity contribution in [2.75, 3.05) is 13.7 Å². The Hall–Kier alpha value is -4.26. The average Bonchev–Trinajstić information content (AvgIpc) is 2.87. The summed E-state index contributed by atoms with van der Waals surface area (Å²) in [5, 5.41) is 1.42. The number of alkyl halides is 3. The van der Waals surface area contributed by atoms with Crippen LogP contribution in [0.1, 0.15) is 23.6 Å². The van der Waals surface area contributed by atoms with Crippen molar-refractivity contribution in [3.63, 3.8) is 0 Å². The van der Waals surface area contributed by atoms with Crippen LogP contribution in [-0.4, -0.2) is 19.7 Å². The molecule has 0 heterocycles. The Bertz CT molecular complexity index is 1460. The van der Waals surface area contributed by atoms with Crippen molar-refractivity contribution in [1.82, 2.24) is 0 Å². The number of ether oxygens (including phenoxy) is 3. The predicted molar refractivity (Wildman–Crippen MR) is 138 cm³/mol. The standard InChI is InChI=1S/C30H25F3O4/c1-4-36-27(34)15-11-20-10-14-26(25(17-20)30(31,32)33)37-29-24-13-12-23(35-3)18-22(24)16-19(2)28(29)21-8-6-5-7-9-21/h5-18H,4H2,1-3H3/b15-11+. The summed E-state index contributed by atoms with van der Waals surface area (Å²) >= 11 is 0. The molecule has 4 rings (SSSR count). The third kappa shape index (κ3) is 5.77. The molecule has 0 fully saturated rings. The third-order valence-corrected chi connectivity index (χ3v) is 5.78. The minimum atomic E-state index is -4.70. The third-order valence-electron chi connectivity index (χ3n) is 5.78. The summed E-state index contributed by atoms with van der Waals surface area (Å²) in [5.74, 6) is -0.0468. The first kappa shape index (κ1) is 25.8. The van der Waals surface area contributed by atoms with Crippen LogP contribution in [0.5, 0.6) is 17.2 Å². The van der Waals surface area contributed by atoms with Gasteiger partial charge >= 0.3 is 12.1 Å². The molecule has 4 aromatic rings. The zero-order valence-corrected chi connectivity index (χ0v) is 20.6. The summed E-state index contributed by atoms with van der Waals surface area (Å²) in [6, 6.07) is 20.3. The number of carbonyl (C=O) groups excluding carboxylic acids is 1. The first-order valence-corrected chi connectivity index (χ1v) is 11.6. The van der Waals surface area contributed by atoms with Gasteiger partial charge in [0.15, 0.2) is 0 Å². The first-order chi connectivity index (χ1) is 17.7. The van der Waals surface area contributed by atoms with Gasteiger partial charge < -0.3 is 14.2 Å². The van der Waals surface area contributed by atoms with E-state index >= 15 is 0 Å². The molecule has 0 aliphatic carbocycles. The van der Waals surface area contributed by atoms with Gasteiger partial charge in [0.1, 0.15) is 17.2 Å². The van der Waals surface area contributed by atoms with Gasteiger partial charge in [-0.2, -0.15) is 13.2 Å². The molecule has 4 aromatic carbocycles. The Morgan fingerprint density at radius 1 is 0.973 bits per heavy atom. The van der Waals surface area contributed by atoms with E-state index in [1.807, 2.05) is 49.4 Å². The van der Waals surface area contributed by atoms with E-state index in [9.17, 15) is 18.0 Å². The van der Waals surface area contributed by atoms with E-state index in [1.165, 1.54) is 18.2 Å². The van der Waals surface area contributed by atoms with Gasteiger partial charge in [-0.05, 0) is 72.3 Å². The minimum absolute atomic E-state index is 0.170. The number of hydrogen-bond acceptors (Lipinski definition) is 4. The van der Waals surface area contributed by atoms with Gasteiger partial charge in [-0.25, -0.2) is 4.79 Å². The summed E-state index contributed by atoms with van der Waals surface area (Å²) in [4.78, 5) is 11.6. The molecule has 190 valence electrons. The maximum absolute atomic E-state index is 14.2. The van der Waals surface area contributed by atoms with Gasteiger partial charge in [-0.1, -0.05) is 42.5 Å². The molecule has 0 aromatic heterocycles. The lowest BCUT2D eigenvalue weighted by molar-refractivity contribution is -0.138. The number of benzene rings is 4. The lowest BCUT2D eigenvalue weighted by atomic mass is 9.94. The van der Waals surface area contributed by atoms with Crippen molar-refractivity contribution < 1.29 is 32.2 Å². The lowest BCUT2D eigenvalue weighted by Crippen LogP contribution is -2.08. The summed E-state index contributed by atoms with van der Waals surface area (Å²) < 4.78 is 58.7. The van der Waals surface area contributed by atoms with E-state index in [4.69, 9.17) is 14.2 Å². The van der Waals surface area contributed by atoms with Crippen LogP contribution in [0.25, 0.3) is 28.0 Å². The van der Waals surface area contributed by atoms with E-state index in [1.54, 1.807) is 26.2 Å². The molecule has 0 saturated carbocycles. The number of aryl methyl sites for hydroxylation is 1. The van der Waals surface area contributed by atoms with Crippen LogP contribution in [0, 0.1) is 6.92 Å². The lowest BCUT2D eigenvalue weighted by Gasteiger charge is -2.20. The summed E-state index contributed by atoms with van der Waals surface area (Å²) in [6.07, 6.45) is -2.33. The molecule has 4 nitrogen and oxygen atoms in total. The van der Waals surface area contributed by atoms with Crippen molar-refractivity contribution in [2.24, 2.45) is 0 Å². The highest BCUT2D eigenvalue weighted by Crippen LogP contribution is 2.46. The second-order valence-electron chi connectivity index (χ2n) is 8.29. The Kier molecular flexibility index (Phi) is 7.53. The van der Waals surface area contributed by atoms with Crippen molar-refractivity contribution in [3.8, 4) is 28.4 Å². The molecule has 0 saturated heterocycles. The second kappa shape index (κ2) is 10.8. The molecule has 0 spiro atoms. The molecular formula is C30H25F3O4. The molecule has 0 N–H and O–H groups in total. The van der Waals surface area contributed by atoms with Crippen LogP contribution in [0.4, 0.5) is 13.2 Å². The second-order valence-corrected chi connectivity index (χ2v) is 8.29. The fourth-order valence-electron chi connectivity index (χ4n) is 4.11. The van der Waals surface area contributed by atoms with Crippen LogP contribution in [-0.2, 0) is 15.7 Å². The molecule has 0 amide bonds. The number of carbonyl (C=O) groups is 1. The van der Waals surface area contributed by atoms with Crippen molar-refractivity contribution >= 4 is 22.8 Å². The maximum atomic E-state index is 14.2. The highest BCUT2D eigenvalue weighted by atomic mass is 19.4. The van der Waals surface area contributed by atoms with Crippen molar-refractivity contribution in [2.45, 2.75) is 20.0 Å². The largest absolute Gasteiger partial charge is 0.497 e. The normalized spacial score (nSPS) is 11.6. The molecular weight excluding hydrogens is 481 g/mol. The number of esters is 1. The fourth-order valence-corrected chi connectivity index (χ4v) is 4.11. The zero-order chi connectivity index (χ0) is 26.6. The van der Waals surface area contributed by atoms with E-state index in [0.29, 0.717) is 22.4 Å². The van der Waals surface area contributed by atoms with Gasteiger partial charge in [0.25, 0.3) is 0 Å². The average molecular weight is 507 g/mol. The smallest absolute Gasteiger partial charge is 0.420 e. The number of methoxy groups -OCH3 is 1. The molecule has 0 aliphatic rings. The molecule has 0 radical (unpaired) electrons. The number of hydrogen-bond donors (Lipinski definition) is 0. The predicted octanol–water partition coefficient (Wildman–Crippen LogP) is 8.21. The van der Waals surface area contributed by atoms with E-state index in [-0.39, 0.29) is 17.9 Å². The maximum Gasteiger partial charge on any atom is 0.420 e. The molecule has 0 bridgehead atoms. The van der Waals surface area contributed by atoms with E-state index < -0.39 is 17.7 Å². The highest BCUT2D eigenvalue weighted by Gasteiger charge is 2.35. The van der Waals surface area contributed by atoms with Gasteiger partial charge in [-0.3, -0.25) is 0 Å². The molecule has 0 unspecified atom stereocenters. The molecule has 0 aliphatic heterocycles. The zero-order valence-electron chi connectivity index (χ0n) is 20.6. The topological polar surface area (TPSA) is 44.8 Å². The first-order valence-electron chi connectivity index (χ1n) is 11.6. The van der Waals surface area contributed by atoms with Crippen LogP contribution in [0.2, 0.25) is 0 Å². The number of halogens is 3. The van der Waals surface area contributed by atoms with E-state index in [0.717, 1.165) is 28.7 Å². The van der Waals surface area contributed by atoms with Crippen LogP contribution < -0.4 is 9.47 Å². The van der Waals surface area contributed by atoms with Gasteiger partial charge in [0.2, 0.25) is 0 Å². The van der Waals surface area contributed by atoms with E-state index in [2.05, 4.69) is 0 Å². The Labute approximate surface area is 212 Å². The minimum Gasteiger partial charge on any atom is -0.497 e. The number of fused-ring (bicyclic) bond motifs is 1. The summed E-state index contributed by atoms with van der Waals surface area (Å²) in [7, 11) is 1.55. The van der Waals surface area contributed by atoms with Crippen LogP contribution in [0.15, 0.2) is 78.9 Å². The van der Waals surface area contributed by atoms with Crippen molar-refractivity contribution in [1.29, 1.82) is 0 Å². The number of rotatable bonds is 7. The Balaban J connectivity index is 1.89. The van der Waals surface area contributed by atoms with Crippen LogP contribution >= 0.6 is 0 Å². The fraction of sp³-hybridized carbons (Fsp3) is 0.167. The molecule has 0 atom stereocenters. The Morgan fingerprint density at radius 2 is 1.73 bits per heavy atom. The van der Waals surface area contributed by atoms with Crippen molar-refractivity contribution in [3.05, 3.63) is 95.6 Å².